The number of hydrogen-bond acceptors (Lipinski definition) is 5. The molecule has 0 aliphatic carbocycles. The highest BCUT2D eigenvalue weighted by Crippen LogP contribution is 2.48. The standard InChI is InChI=1S/C16H8Cl2FNO4/c17-9-1-2-10(21)14(18)13(9)8-5-7(19)6-12-15(8)23-11(3-4-20)16(22)24-12/h1-2,5-6,11,21H,20H2/t11-/m0/s1. The minimum atomic E-state index is -1.28. The molecule has 0 radical (unpaired) electrons. The van der Waals surface area contributed by atoms with E-state index in [1.807, 2.05) is 0 Å². The maximum absolute atomic E-state index is 13.9. The second-order valence-electron chi connectivity index (χ2n) is 4.74. The molecule has 0 bridgehead atoms. The molecule has 0 saturated heterocycles. The molecular formula is C16H8Cl2FNO4. The number of nitrogens with two attached hydrogens (primary N) is 1. The second kappa shape index (κ2) is 6.11. The summed E-state index contributed by atoms with van der Waals surface area (Å²) in [6.45, 7) is 0. The third-order valence-corrected chi connectivity index (χ3v) is 3.93. The van der Waals surface area contributed by atoms with Gasteiger partial charge in [-0.15, -0.1) is 0 Å². The van der Waals surface area contributed by atoms with Gasteiger partial charge in [0.1, 0.15) is 11.6 Å². The Balaban J connectivity index is 2.26. The van der Waals surface area contributed by atoms with Crippen molar-refractivity contribution >= 4 is 29.2 Å². The van der Waals surface area contributed by atoms with Crippen molar-refractivity contribution in [2.75, 3.05) is 0 Å². The largest absolute Gasteiger partial charge is 0.506 e. The van der Waals surface area contributed by atoms with E-state index in [-0.39, 0.29) is 38.4 Å². The van der Waals surface area contributed by atoms with Gasteiger partial charge in [0.15, 0.2) is 11.5 Å². The topological polar surface area (TPSA) is 81.8 Å². The van der Waals surface area contributed by atoms with E-state index in [2.05, 4.69) is 12.0 Å². The van der Waals surface area contributed by atoms with Gasteiger partial charge in [0.25, 0.3) is 6.10 Å². The van der Waals surface area contributed by atoms with Gasteiger partial charge in [-0.25, -0.2) is 9.18 Å². The number of carbonyl (C=O) groups is 1. The van der Waals surface area contributed by atoms with Gasteiger partial charge in [0.05, 0.1) is 10.0 Å². The number of aromatic hydroxyl groups is 1. The van der Waals surface area contributed by atoms with Crippen LogP contribution in [0.25, 0.3) is 11.1 Å². The van der Waals surface area contributed by atoms with Crippen molar-refractivity contribution in [1.29, 1.82) is 0 Å². The smallest absolute Gasteiger partial charge is 0.365 e. The zero-order valence-corrected chi connectivity index (χ0v) is 13.3. The number of fused-ring (bicyclic) bond motifs is 1. The van der Waals surface area contributed by atoms with Crippen molar-refractivity contribution in [3.63, 3.8) is 0 Å². The minimum Gasteiger partial charge on any atom is -0.506 e. The van der Waals surface area contributed by atoms with Crippen LogP contribution in [0.4, 0.5) is 4.39 Å². The lowest BCUT2D eigenvalue weighted by atomic mass is 10.0. The zero-order valence-electron chi connectivity index (χ0n) is 11.8. The first-order valence-electron chi connectivity index (χ1n) is 6.52. The maximum atomic E-state index is 13.9. The molecule has 0 fully saturated rings. The Morgan fingerprint density at radius 1 is 1.29 bits per heavy atom. The van der Waals surface area contributed by atoms with Gasteiger partial charge in [0.2, 0.25) is 0 Å². The normalized spacial score (nSPS) is 15.6. The average Bonchev–Trinajstić information content (AvgIpc) is 2.52. The monoisotopic (exact) mass is 367 g/mol. The van der Waals surface area contributed by atoms with Gasteiger partial charge >= 0.3 is 5.97 Å². The molecule has 3 N–H and O–H groups in total. The molecule has 24 heavy (non-hydrogen) atoms. The fourth-order valence-corrected chi connectivity index (χ4v) is 2.81. The van der Waals surface area contributed by atoms with E-state index in [4.69, 9.17) is 38.4 Å². The van der Waals surface area contributed by atoms with Crippen molar-refractivity contribution in [1.82, 2.24) is 0 Å². The van der Waals surface area contributed by atoms with E-state index < -0.39 is 17.9 Å². The molecule has 0 amide bonds. The Bertz CT molecular complexity index is 921. The summed E-state index contributed by atoms with van der Waals surface area (Å²) in [4.78, 5) is 11.8. The van der Waals surface area contributed by atoms with Crippen LogP contribution < -0.4 is 15.2 Å². The maximum Gasteiger partial charge on any atom is 0.365 e. The first-order valence-corrected chi connectivity index (χ1v) is 7.28. The summed E-state index contributed by atoms with van der Waals surface area (Å²) in [5.41, 5.74) is 5.33. The highest BCUT2D eigenvalue weighted by Gasteiger charge is 2.32. The average molecular weight is 368 g/mol. The van der Waals surface area contributed by atoms with Crippen LogP contribution in [0.1, 0.15) is 0 Å². The van der Waals surface area contributed by atoms with Crippen molar-refractivity contribution < 1.29 is 23.8 Å². The molecule has 1 atom stereocenters. The second-order valence-corrected chi connectivity index (χ2v) is 5.53. The number of halogens is 3. The van der Waals surface area contributed by atoms with Crippen LogP contribution in [0.2, 0.25) is 10.0 Å². The van der Waals surface area contributed by atoms with Gasteiger partial charge in [0, 0.05) is 23.2 Å². The first-order chi connectivity index (χ1) is 11.4. The van der Waals surface area contributed by atoms with Crippen LogP contribution in [0.15, 0.2) is 24.3 Å². The van der Waals surface area contributed by atoms with Gasteiger partial charge in [-0.3, -0.25) is 0 Å². The van der Waals surface area contributed by atoms with Gasteiger partial charge in [-0.2, -0.15) is 0 Å². The fourth-order valence-electron chi connectivity index (χ4n) is 2.23. The molecule has 0 spiro atoms. The van der Waals surface area contributed by atoms with Crippen LogP contribution in [0, 0.1) is 17.8 Å². The van der Waals surface area contributed by atoms with Crippen molar-refractivity contribution in [3.8, 4) is 40.3 Å². The summed E-state index contributed by atoms with van der Waals surface area (Å²) in [6.07, 6.45) is -1.28. The molecule has 3 rings (SSSR count). The molecule has 1 heterocycles. The van der Waals surface area contributed by atoms with E-state index in [1.54, 1.807) is 0 Å². The van der Waals surface area contributed by atoms with Crippen LogP contribution in [-0.4, -0.2) is 17.2 Å². The molecule has 2 aromatic carbocycles. The van der Waals surface area contributed by atoms with Crippen molar-refractivity contribution in [2.45, 2.75) is 6.10 Å². The number of benzene rings is 2. The quantitative estimate of drug-likeness (QED) is 0.350. The lowest BCUT2D eigenvalue weighted by Crippen LogP contribution is -2.34. The first kappa shape index (κ1) is 16.2. The summed E-state index contributed by atoms with van der Waals surface area (Å²) in [5, 5.41) is 9.83. The van der Waals surface area contributed by atoms with Crippen LogP contribution in [0.3, 0.4) is 0 Å². The number of phenols is 1. The molecule has 0 unspecified atom stereocenters. The summed E-state index contributed by atoms with van der Waals surface area (Å²) in [6, 6.07) is 6.82. The summed E-state index contributed by atoms with van der Waals surface area (Å²) in [7, 11) is 0. The molecule has 0 aromatic heterocycles. The van der Waals surface area contributed by atoms with E-state index in [9.17, 15) is 14.3 Å². The third-order valence-electron chi connectivity index (χ3n) is 3.23. The van der Waals surface area contributed by atoms with E-state index >= 15 is 0 Å². The lowest BCUT2D eigenvalue weighted by molar-refractivity contribution is -0.142. The van der Waals surface area contributed by atoms with Crippen LogP contribution >= 0.6 is 23.2 Å². The number of esters is 1. The fraction of sp³-hybridized carbons (Fsp3) is 0.0625. The molecular weight excluding hydrogens is 360 g/mol. The number of hydrogen-bond donors (Lipinski definition) is 2. The van der Waals surface area contributed by atoms with Crippen LogP contribution in [0.5, 0.6) is 17.2 Å². The van der Waals surface area contributed by atoms with Gasteiger partial charge in [-0.1, -0.05) is 23.2 Å². The van der Waals surface area contributed by atoms with E-state index in [0.29, 0.717) is 0 Å². The summed E-state index contributed by atoms with van der Waals surface area (Å²) in [5.74, 6) is 0.403. The number of carbonyl (C=O) groups excluding carboxylic acids is 1. The molecule has 8 heteroatoms. The molecule has 1 aliphatic heterocycles. The third kappa shape index (κ3) is 2.68. The Hall–Kier alpha value is -2.62. The predicted molar refractivity (Wildman–Crippen MR) is 85.5 cm³/mol. The minimum absolute atomic E-state index is 0.0122. The molecule has 5 nitrogen and oxygen atoms in total. The molecule has 0 saturated carbocycles. The van der Waals surface area contributed by atoms with Crippen LogP contribution in [-0.2, 0) is 4.79 Å². The highest BCUT2D eigenvalue weighted by molar-refractivity contribution is 6.40. The number of rotatable bonds is 1. The zero-order chi connectivity index (χ0) is 17.4. The summed E-state index contributed by atoms with van der Waals surface area (Å²) >= 11 is 12.2. The number of ether oxygens (including phenoxy) is 2. The Kier molecular flexibility index (Phi) is 4.14. The Morgan fingerprint density at radius 3 is 2.75 bits per heavy atom. The van der Waals surface area contributed by atoms with E-state index in [1.165, 1.54) is 12.1 Å². The molecule has 2 aromatic rings. The molecule has 122 valence electrons. The Morgan fingerprint density at radius 2 is 2.04 bits per heavy atom. The van der Waals surface area contributed by atoms with Gasteiger partial charge in [-0.05, 0) is 24.1 Å². The predicted octanol–water partition coefficient (Wildman–Crippen LogP) is 3.09. The number of phenolic OH excluding ortho intramolecular Hbond substituents is 1. The Labute approximate surface area is 145 Å². The SMILES string of the molecule is NC#C[C@@H]1Oc2c(cc(F)cc2-c2c(Cl)ccc(O)c2Cl)OC1=O. The molecule has 1 aliphatic rings. The van der Waals surface area contributed by atoms with Gasteiger partial charge < -0.3 is 20.3 Å². The summed E-state index contributed by atoms with van der Waals surface area (Å²) < 4.78 is 24.5. The lowest BCUT2D eigenvalue weighted by Gasteiger charge is -2.24. The van der Waals surface area contributed by atoms with E-state index in [0.717, 1.165) is 12.1 Å². The highest BCUT2D eigenvalue weighted by atomic mass is 35.5. The van der Waals surface area contributed by atoms with Crippen molar-refractivity contribution in [2.24, 2.45) is 5.73 Å². The van der Waals surface area contributed by atoms with Crippen molar-refractivity contribution in [3.05, 3.63) is 40.1 Å².